The van der Waals surface area contributed by atoms with Gasteiger partial charge in [0.2, 0.25) is 5.95 Å². The maximum absolute atomic E-state index is 14.3. The van der Waals surface area contributed by atoms with Crippen molar-refractivity contribution in [2.24, 2.45) is 5.73 Å². The highest BCUT2D eigenvalue weighted by Gasteiger charge is 2.15. The fraction of sp³-hybridized carbons (Fsp3) is 0.133. The van der Waals surface area contributed by atoms with Crippen LogP contribution in [0.4, 0.5) is 14.7 Å². The summed E-state index contributed by atoms with van der Waals surface area (Å²) in [6.07, 6.45) is 2.45. The molecule has 0 saturated heterocycles. The third-order valence-electron chi connectivity index (χ3n) is 3.36. The van der Waals surface area contributed by atoms with Crippen LogP contribution >= 0.6 is 0 Å². The van der Waals surface area contributed by atoms with Crippen molar-refractivity contribution in [3.05, 3.63) is 47.8 Å². The van der Waals surface area contributed by atoms with Gasteiger partial charge >= 0.3 is 0 Å². The number of rotatable bonds is 2. The van der Waals surface area contributed by atoms with E-state index in [1.807, 2.05) is 0 Å². The van der Waals surface area contributed by atoms with Crippen LogP contribution in [0.15, 0.2) is 30.6 Å². The Labute approximate surface area is 125 Å². The van der Waals surface area contributed by atoms with Gasteiger partial charge in [0.15, 0.2) is 5.82 Å². The highest BCUT2D eigenvalue weighted by atomic mass is 19.1. The number of benzene rings is 1. The van der Waals surface area contributed by atoms with Gasteiger partial charge in [-0.05, 0) is 30.7 Å². The van der Waals surface area contributed by atoms with Crippen LogP contribution in [0.5, 0.6) is 0 Å². The molecule has 0 amide bonds. The number of hydrogen-bond acceptors (Lipinski definition) is 5. The van der Waals surface area contributed by atoms with Crippen LogP contribution in [0.25, 0.3) is 22.2 Å². The summed E-state index contributed by atoms with van der Waals surface area (Å²) in [5, 5.41) is 0.518. The largest absolute Gasteiger partial charge is 0.368 e. The Morgan fingerprint density at radius 3 is 2.64 bits per heavy atom. The van der Waals surface area contributed by atoms with E-state index in [-0.39, 0.29) is 28.8 Å². The van der Waals surface area contributed by atoms with Crippen molar-refractivity contribution in [1.82, 2.24) is 15.0 Å². The predicted molar refractivity (Wildman–Crippen MR) is 79.7 cm³/mol. The number of hydrogen-bond donors (Lipinski definition) is 2. The average molecular weight is 301 g/mol. The lowest BCUT2D eigenvalue weighted by Crippen LogP contribution is -2.06. The number of nitrogens with zero attached hydrogens (tertiary/aromatic N) is 3. The monoisotopic (exact) mass is 301 g/mol. The summed E-state index contributed by atoms with van der Waals surface area (Å²) in [6, 6.07) is 4.17. The quantitative estimate of drug-likeness (QED) is 0.759. The smallest absolute Gasteiger partial charge is 0.220 e. The molecule has 0 fully saturated rings. The molecule has 22 heavy (non-hydrogen) atoms. The van der Waals surface area contributed by atoms with E-state index in [1.165, 1.54) is 12.3 Å². The summed E-state index contributed by atoms with van der Waals surface area (Å²) in [4.78, 5) is 11.4. The van der Waals surface area contributed by atoms with Gasteiger partial charge in [-0.25, -0.2) is 18.7 Å². The van der Waals surface area contributed by atoms with Crippen LogP contribution in [0.3, 0.4) is 0 Å². The molecule has 0 saturated carbocycles. The Balaban J connectivity index is 2.32. The van der Waals surface area contributed by atoms with Crippen molar-refractivity contribution >= 4 is 16.9 Å². The van der Waals surface area contributed by atoms with Crippen LogP contribution in [-0.4, -0.2) is 15.0 Å². The van der Waals surface area contributed by atoms with Crippen LogP contribution in [0, 0.1) is 11.6 Å². The first kappa shape index (κ1) is 14.3. The van der Waals surface area contributed by atoms with Crippen LogP contribution < -0.4 is 11.5 Å². The molecule has 0 aliphatic rings. The first-order valence-electron chi connectivity index (χ1n) is 6.59. The van der Waals surface area contributed by atoms with Gasteiger partial charge in [-0.2, -0.15) is 0 Å². The van der Waals surface area contributed by atoms with Crippen molar-refractivity contribution in [3.63, 3.8) is 0 Å². The molecule has 1 atom stereocenters. The molecule has 1 aromatic carbocycles. The minimum absolute atomic E-state index is 0.0622. The molecule has 5 nitrogen and oxygen atoms in total. The van der Waals surface area contributed by atoms with Crippen molar-refractivity contribution in [2.75, 3.05) is 5.73 Å². The fourth-order valence-electron chi connectivity index (χ4n) is 2.35. The Morgan fingerprint density at radius 1 is 1.14 bits per heavy atom. The molecule has 0 spiro atoms. The topological polar surface area (TPSA) is 90.7 Å². The molecule has 0 aliphatic carbocycles. The Kier molecular flexibility index (Phi) is 3.42. The highest BCUT2D eigenvalue weighted by molar-refractivity contribution is 5.87. The molecule has 0 aliphatic heterocycles. The van der Waals surface area contributed by atoms with E-state index < -0.39 is 11.6 Å². The first-order chi connectivity index (χ1) is 10.5. The first-order valence-corrected chi connectivity index (χ1v) is 6.59. The molecular weight excluding hydrogens is 288 g/mol. The summed E-state index contributed by atoms with van der Waals surface area (Å²) in [5.74, 6) is -1.35. The molecule has 3 aromatic rings. The van der Waals surface area contributed by atoms with E-state index in [2.05, 4.69) is 15.0 Å². The molecule has 1 unspecified atom stereocenters. The van der Waals surface area contributed by atoms with E-state index >= 15 is 0 Å². The van der Waals surface area contributed by atoms with Gasteiger partial charge in [0, 0.05) is 23.2 Å². The van der Waals surface area contributed by atoms with Crippen molar-refractivity contribution in [2.45, 2.75) is 13.0 Å². The van der Waals surface area contributed by atoms with E-state index in [0.29, 0.717) is 10.9 Å². The lowest BCUT2D eigenvalue weighted by Gasteiger charge is -2.12. The normalized spacial score (nSPS) is 12.5. The van der Waals surface area contributed by atoms with Crippen molar-refractivity contribution in [1.29, 1.82) is 0 Å². The number of anilines is 1. The van der Waals surface area contributed by atoms with Gasteiger partial charge in [0.25, 0.3) is 0 Å². The number of pyridine rings is 1. The Bertz CT molecular complexity index is 864. The van der Waals surface area contributed by atoms with E-state index in [0.717, 1.165) is 6.20 Å². The zero-order valence-corrected chi connectivity index (χ0v) is 11.7. The molecule has 4 N–H and O–H groups in total. The average Bonchev–Trinajstić information content (AvgIpc) is 2.49. The SMILES string of the molecule is CC(N)c1ccnc2c(F)cc(-c3nc(N)ncc3F)cc12. The molecule has 2 aromatic heterocycles. The molecule has 2 heterocycles. The summed E-state index contributed by atoms with van der Waals surface area (Å²) in [6.45, 7) is 1.78. The van der Waals surface area contributed by atoms with Crippen LogP contribution in [0.2, 0.25) is 0 Å². The zero-order chi connectivity index (χ0) is 15.9. The lowest BCUT2D eigenvalue weighted by molar-refractivity contribution is 0.617. The zero-order valence-electron chi connectivity index (χ0n) is 11.7. The number of nitrogen functional groups attached to an aromatic ring is 1. The maximum Gasteiger partial charge on any atom is 0.220 e. The second-order valence-corrected chi connectivity index (χ2v) is 4.97. The number of nitrogens with two attached hydrogens (primary N) is 2. The predicted octanol–water partition coefficient (Wildman–Crippen LogP) is 2.57. The second kappa shape index (κ2) is 5.27. The minimum atomic E-state index is -0.681. The lowest BCUT2D eigenvalue weighted by atomic mass is 10.00. The standard InChI is InChI=1S/C15H13F2N5/c1-7(18)9-2-3-20-14-10(9)4-8(5-11(14)16)13-12(17)6-21-15(19)22-13/h2-7H,18H2,1H3,(H2,19,21,22). The number of aromatic nitrogens is 3. The van der Waals surface area contributed by atoms with Gasteiger partial charge in [-0.1, -0.05) is 0 Å². The maximum atomic E-state index is 14.3. The number of halogens is 2. The molecule has 112 valence electrons. The third kappa shape index (κ3) is 2.35. The Hall–Kier alpha value is -2.67. The Morgan fingerprint density at radius 2 is 1.91 bits per heavy atom. The molecule has 7 heteroatoms. The van der Waals surface area contributed by atoms with Gasteiger partial charge in [-0.3, -0.25) is 4.98 Å². The summed E-state index contributed by atoms with van der Waals surface area (Å²) >= 11 is 0. The second-order valence-electron chi connectivity index (χ2n) is 4.97. The molecule has 3 rings (SSSR count). The van der Waals surface area contributed by atoms with Crippen LogP contribution in [0.1, 0.15) is 18.5 Å². The van der Waals surface area contributed by atoms with Gasteiger partial charge in [0.1, 0.15) is 17.0 Å². The van der Waals surface area contributed by atoms with Crippen molar-refractivity contribution in [3.8, 4) is 11.3 Å². The third-order valence-corrected chi connectivity index (χ3v) is 3.36. The minimum Gasteiger partial charge on any atom is -0.368 e. The van der Waals surface area contributed by atoms with E-state index in [1.54, 1.807) is 19.1 Å². The molecular formula is C15H13F2N5. The van der Waals surface area contributed by atoms with Gasteiger partial charge < -0.3 is 11.5 Å². The van der Waals surface area contributed by atoms with E-state index in [9.17, 15) is 8.78 Å². The van der Waals surface area contributed by atoms with E-state index in [4.69, 9.17) is 11.5 Å². The van der Waals surface area contributed by atoms with Crippen LogP contribution in [-0.2, 0) is 0 Å². The fourth-order valence-corrected chi connectivity index (χ4v) is 2.35. The summed E-state index contributed by atoms with van der Waals surface area (Å²) in [7, 11) is 0. The summed E-state index contributed by atoms with van der Waals surface area (Å²) < 4.78 is 28.2. The van der Waals surface area contributed by atoms with Crippen molar-refractivity contribution < 1.29 is 8.78 Å². The molecule has 0 radical (unpaired) electrons. The highest BCUT2D eigenvalue weighted by Crippen LogP contribution is 2.30. The number of fused-ring (bicyclic) bond motifs is 1. The molecule has 0 bridgehead atoms. The van der Waals surface area contributed by atoms with Gasteiger partial charge in [0.05, 0.1) is 6.20 Å². The summed E-state index contributed by atoms with van der Waals surface area (Å²) in [5.41, 5.74) is 12.5. The van der Waals surface area contributed by atoms with Gasteiger partial charge in [-0.15, -0.1) is 0 Å².